The predicted molar refractivity (Wildman–Crippen MR) is 136 cm³/mol. The van der Waals surface area contributed by atoms with E-state index in [-0.39, 0.29) is 40.5 Å². The molecule has 7 nitrogen and oxygen atoms in total. The summed E-state index contributed by atoms with van der Waals surface area (Å²) in [6.45, 7) is -0.267. The summed E-state index contributed by atoms with van der Waals surface area (Å²) in [7, 11) is 1.42. The summed E-state index contributed by atoms with van der Waals surface area (Å²) in [4.78, 5) is 38.8. The van der Waals surface area contributed by atoms with Crippen molar-refractivity contribution in [2.75, 3.05) is 19.0 Å². The van der Waals surface area contributed by atoms with E-state index < -0.39 is 17.0 Å². The lowest BCUT2D eigenvalue weighted by Crippen LogP contribution is -2.27. The van der Waals surface area contributed by atoms with Crippen molar-refractivity contribution < 1.29 is 28.2 Å². The highest BCUT2D eigenvalue weighted by atomic mass is 35.5. The van der Waals surface area contributed by atoms with Crippen molar-refractivity contribution in [2.45, 2.75) is 6.54 Å². The Kier molecular flexibility index (Phi) is 7.92. The second-order valence-corrected chi connectivity index (χ2v) is 9.03. The van der Waals surface area contributed by atoms with E-state index in [1.165, 1.54) is 37.5 Å². The van der Waals surface area contributed by atoms with E-state index in [0.29, 0.717) is 16.8 Å². The smallest absolute Gasteiger partial charge is 0.293 e. The first-order valence-electron chi connectivity index (χ1n) is 10.7. The number of rotatable bonds is 8. The van der Waals surface area contributed by atoms with E-state index in [0.717, 1.165) is 16.7 Å². The van der Waals surface area contributed by atoms with E-state index in [9.17, 15) is 18.8 Å². The number of methoxy groups -OCH3 is 1. The summed E-state index contributed by atoms with van der Waals surface area (Å²) in [5.74, 6) is -0.820. The summed E-state index contributed by atoms with van der Waals surface area (Å²) in [5, 5.41) is 2.44. The molecule has 1 saturated heterocycles. The molecule has 4 rings (SSSR count). The lowest BCUT2D eigenvalue weighted by atomic mass is 10.1. The molecule has 1 heterocycles. The summed E-state index contributed by atoms with van der Waals surface area (Å²) in [6, 6.07) is 17.7. The maximum absolute atomic E-state index is 13.1. The van der Waals surface area contributed by atoms with Gasteiger partial charge in [-0.15, -0.1) is 0 Å². The number of imide groups is 1. The van der Waals surface area contributed by atoms with Crippen molar-refractivity contribution in [1.29, 1.82) is 0 Å². The van der Waals surface area contributed by atoms with Gasteiger partial charge in [0.15, 0.2) is 18.1 Å². The number of carbonyl (C=O) groups is 3. The second-order valence-electron chi connectivity index (χ2n) is 7.63. The average Bonchev–Trinajstić information content (AvgIpc) is 3.12. The molecule has 0 bridgehead atoms. The van der Waals surface area contributed by atoms with Gasteiger partial charge in [-0.25, -0.2) is 4.39 Å². The van der Waals surface area contributed by atoms with Gasteiger partial charge in [-0.3, -0.25) is 19.3 Å². The molecule has 0 saturated carbocycles. The lowest BCUT2D eigenvalue weighted by Gasteiger charge is -2.14. The zero-order chi connectivity index (χ0) is 25.7. The Morgan fingerprint density at radius 1 is 1.11 bits per heavy atom. The van der Waals surface area contributed by atoms with E-state index >= 15 is 0 Å². The molecule has 0 spiro atoms. The third kappa shape index (κ3) is 6.05. The quantitative estimate of drug-likeness (QED) is 0.377. The molecule has 0 unspecified atom stereocenters. The van der Waals surface area contributed by atoms with Gasteiger partial charge in [0.1, 0.15) is 5.82 Å². The van der Waals surface area contributed by atoms with Crippen molar-refractivity contribution in [3.63, 3.8) is 0 Å². The minimum Gasteiger partial charge on any atom is -0.493 e. The molecule has 36 heavy (non-hydrogen) atoms. The summed E-state index contributed by atoms with van der Waals surface area (Å²) >= 11 is 7.18. The first-order chi connectivity index (χ1) is 17.3. The maximum Gasteiger partial charge on any atom is 0.293 e. The Morgan fingerprint density at radius 2 is 1.83 bits per heavy atom. The Hall–Kier alpha value is -3.82. The van der Waals surface area contributed by atoms with Crippen LogP contribution in [0.4, 0.5) is 14.9 Å². The van der Waals surface area contributed by atoms with Gasteiger partial charge < -0.3 is 14.8 Å². The fourth-order valence-corrected chi connectivity index (χ4v) is 4.49. The minimum absolute atomic E-state index is 0.0319. The van der Waals surface area contributed by atoms with Crippen molar-refractivity contribution >= 4 is 52.2 Å². The third-order valence-electron chi connectivity index (χ3n) is 5.08. The van der Waals surface area contributed by atoms with Gasteiger partial charge in [0.05, 0.1) is 23.6 Å². The number of carbonyl (C=O) groups excluding carboxylic acids is 3. The molecule has 0 atom stereocenters. The maximum atomic E-state index is 13.1. The van der Waals surface area contributed by atoms with Gasteiger partial charge in [-0.2, -0.15) is 0 Å². The molecular formula is C26H20ClFN2O5S. The Bertz CT molecular complexity index is 1330. The first-order valence-corrected chi connectivity index (χ1v) is 11.9. The number of hydrogen-bond donors (Lipinski definition) is 1. The number of halogens is 2. The number of benzene rings is 3. The molecule has 0 aromatic heterocycles. The van der Waals surface area contributed by atoms with Crippen LogP contribution in [0, 0.1) is 5.82 Å². The van der Waals surface area contributed by atoms with Gasteiger partial charge in [-0.1, -0.05) is 41.9 Å². The molecule has 0 aliphatic carbocycles. The van der Waals surface area contributed by atoms with E-state index in [1.807, 2.05) is 6.07 Å². The summed E-state index contributed by atoms with van der Waals surface area (Å²) in [6.07, 6.45) is 1.52. The van der Waals surface area contributed by atoms with Crippen LogP contribution in [-0.4, -0.2) is 35.7 Å². The number of nitrogens with zero attached hydrogens (tertiary/aromatic N) is 1. The fraction of sp³-hybridized carbons (Fsp3) is 0.115. The van der Waals surface area contributed by atoms with Crippen LogP contribution in [-0.2, 0) is 16.1 Å². The standard InChI is InChI=1S/C26H20ClFN2O5S/c1-34-21-12-17(11-20(27)24(21)35-15-23(31)29-19-5-3-2-4-6-19)13-22-25(32)30(26(33)36-22)14-16-7-9-18(28)10-8-16/h2-13H,14-15H2,1H3,(H,29,31)/b22-13-. The van der Waals surface area contributed by atoms with Crippen LogP contribution in [0.2, 0.25) is 5.02 Å². The molecule has 1 aliphatic heterocycles. The zero-order valence-electron chi connectivity index (χ0n) is 19.0. The minimum atomic E-state index is -0.470. The van der Waals surface area contributed by atoms with Crippen LogP contribution >= 0.6 is 23.4 Å². The van der Waals surface area contributed by atoms with Gasteiger partial charge in [0, 0.05) is 5.69 Å². The van der Waals surface area contributed by atoms with Crippen LogP contribution in [0.1, 0.15) is 11.1 Å². The molecule has 3 amide bonds. The molecule has 1 N–H and O–H groups in total. The fourth-order valence-electron chi connectivity index (χ4n) is 3.38. The highest BCUT2D eigenvalue weighted by molar-refractivity contribution is 8.18. The monoisotopic (exact) mass is 526 g/mol. The molecule has 0 radical (unpaired) electrons. The Balaban J connectivity index is 1.46. The molecule has 10 heteroatoms. The highest BCUT2D eigenvalue weighted by Crippen LogP contribution is 2.39. The average molecular weight is 527 g/mol. The number of ether oxygens (including phenoxy) is 2. The second kappa shape index (κ2) is 11.3. The molecule has 3 aromatic carbocycles. The third-order valence-corrected chi connectivity index (χ3v) is 6.27. The molecule has 184 valence electrons. The van der Waals surface area contributed by atoms with Gasteiger partial charge in [0.25, 0.3) is 17.1 Å². The van der Waals surface area contributed by atoms with Crippen LogP contribution in [0.15, 0.2) is 71.6 Å². The van der Waals surface area contributed by atoms with Crippen LogP contribution in [0.25, 0.3) is 6.08 Å². The Labute approximate surface area is 215 Å². The first kappa shape index (κ1) is 25.3. The Morgan fingerprint density at radius 3 is 2.53 bits per heavy atom. The van der Waals surface area contributed by atoms with Crippen molar-refractivity contribution in [1.82, 2.24) is 4.90 Å². The highest BCUT2D eigenvalue weighted by Gasteiger charge is 2.35. The largest absolute Gasteiger partial charge is 0.493 e. The molecule has 1 fully saturated rings. The van der Waals surface area contributed by atoms with Gasteiger partial charge in [0.2, 0.25) is 0 Å². The van der Waals surface area contributed by atoms with Gasteiger partial charge >= 0.3 is 0 Å². The summed E-state index contributed by atoms with van der Waals surface area (Å²) < 4.78 is 24.1. The van der Waals surface area contributed by atoms with Crippen LogP contribution < -0.4 is 14.8 Å². The number of thioether (sulfide) groups is 1. The SMILES string of the molecule is COc1cc(/C=C2\SC(=O)N(Cc3ccc(F)cc3)C2=O)cc(Cl)c1OCC(=O)Nc1ccccc1. The number of amides is 3. The van der Waals surface area contributed by atoms with E-state index in [4.69, 9.17) is 21.1 Å². The van der Waals surface area contributed by atoms with E-state index in [1.54, 1.807) is 36.4 Å². The predicted octanol–water partition coefficient (Wildman–Crippen LogP) is 5.74. The normalized spacial score (nSPS) is 14.3. The summed E-state index contributed by atoms with van der Waals surface area (Å²) in [5.41, 5.74) is 1.76. The topological polar surface area (TPSA) is 84.9 Å². The molecule has 1 aliphatic rings. The number of anilines is 1. The number of nitrogens with one attached hydrogen (secondary N) is 1. The number of para-hydroxylation sites is 1. The zero-order valence-corrected chi connectivity index (χ0v) is 20.6. The van der Waals surface area contributed by atoms with Gasteiger partial charge in [-0.05, 0) is 65.4 Å². The van der Waals surface area contributed by atoms with E-state index in [2.05, 4.69) is 5.32 Å². The molecule has 3 aromatic rings. The van der Waals surface area contributed by atoms with Crippen LogP contribution in [0.5, 0.6) is 11.5 Å². The van der Waals surface area contributed by atoms with Crippen molar-refractivity contribution in [3.8, 4) is 11.5 Å². The van der Waals surface area contributed by atoms with Crippen molar-refractivity contribution in [3.05, 3.63) is 93.6 Å². The van der Waals surface area contributed by atoms with Crippen LogP contribution in [0.3, 0.4) is 0 Å². The van der Waals surface area contributed by atoms with Crippen molar-refractivity contribution in [2.24, 2.45) is 0 Å². The molecular weight excluding hydrogens is 507 g/mol. The number of hydrogen-bond acceptors (Lipinski definition) is 6. The lowest BCUT2D eigenvalue weighted by molar-refractivity contribution is -0.123.